The summed E-state index contributed by atoms with van der Waals surface area (Å²) in [5, 5.41) is 0. The molecule has 0 heterocycles. The van der Waals surface area contributed by atoms with E-state index >= 15 is 0 Å². The van der Waals surface area contributed by atoms with Gasteiger partial charge >= 0.3 is 53.1 Å². The van der Waals surface area contributed by atoms with Crippen LogP contribution in [0.15, 0.2) is 48.6 Å². The summed E-state index contributed by atoms with van der Waals surface area (Å²) in [6.45, 7) is 13.6. The Bertz CT molecular complexity index is 937. The Kier molecular flexibility index (Phi) is 12.9. The number of rotatable bonds is 0. The van der Waals surface area contributed by atoms with Gasteiger partial charge < -0.3 is 34.0 Å². The molecule has 3 aliphatic rings. The van der Waals surface area contributed by atoms with Crippen molar-refractivity contribution < 1.29 is 58.2 Å². The van der Waals surface area contributed by atoms with Crippen LogP contribution in [-0.2, 0) is 41.5 Å². The molecule has 182 valence electrons. The zero-order chi connectivity index (χ0) is 23.4. The second-order valence-corrected chi connectivity index (χ2v) is 12.9. The summed E-state index contributed by atoms with van der Waals surface area (Å²) in [5.74, 6) is 0. The van der Waals surface area contributed by atoms with Gasteiger partial charge in [-0.2, -0.15) is 35.4 Å². The molecule has 3 heteroatoms. The van der Waals surface area contributed by atoms with Crippen molar-refractivity contribution in [1.29, 1.82) is 0 Å². The van der Waals surface area contributed by atoms with Gasteiger partial charge in [0.2, 0.25) is 0 Å². The van der Waals surface area contributed by atoms with Crippen molar-refractivity contribution in [2.24, 2.45) is 0 Å². The standard InChI is InChI=1S/C21H25.C5H8.C5H5.2BrH.Zr/c1-20(2,3)16-9-7-14-11-15-8-10-17(21(4,5)6)13-19(15)18(14)12-16;2*1-2-4-5-3-1;;;/h7,9-10,12-13H,11H2,1-6H3;1-4H2;1-3H,4H2;2*1H;/q-1;;-1;;;+2/p-2. The molecular weight excluding hydrogens is 623 g/mol. The van der Waals surface area contributed by atoms with Crippen molar-refractivity contribution in [3.63, 3.8) is 0 Å². The topological polar surface area (TPSA) is 0 Å². The summed E-state index contributed by atoms with van der Waals surface area (Å²) in [6.07, 6.45) is 16.9. The van der Waals surface area contributed by atoms with E-state index < -0.39 is 0 Å². The Hall–Kier alpha value is -0.367. The molecular formula is C31H38Br2Zr-2. The number of hydrogen-bond acceptors (Lipinski definition) is 0. The van der Waals surface area contributed by atoms with Crippen LogP contribution in [0, 0.1) is 12.1 Å². The average molecular weight is 662 g/mol. The summed E-state index contributed by atoms with van der Waals surface area (Å²) in [4.78, 5) is 0. The van der Waals surface area contributed by atoms with Crippen LogP contribution in [0.3, 0.4) is 0 Å². The van der Waals surface area contributed by atoms with Crippen molar-refractivity contribution >= 4 is 3.21 Å². The van der Waals surface area contributed by atoms with Gasteiger partial charge in [-0.05, 0) is 17.4 Å². The maximum absolute atomic E-state index is 3.53. The first-order valence-corrected chi connectivity index (χ1v) is 13.3. The Balaban J connectivity index is 0.000000367. The van der Waals surface area contributed by atoms with E-state index in [9.17, 15) is 0 Å². The molecule has 0 bridgehead atoms. The minimum atomic E-state index is 0. The molecule has 0 amide bonds. The zero-order valence-electron chi connectivity index (χ0n) is 21.6. The van der Waals surface area contributed by atoms with E-state index in [4.69, 9.17) is 0 Å². The fraction of sp³-hybridized carbons (Fsp3) is 0.452. The van der Waals surface area contributed by atoms with Gasteiger partial charge in [0.05, 0.1) is 0 Å². The van der Waals surface area contributed by atoms with E-state index in [2.05, 4.69) is 90.1 Å². The Morgan fingerprint density at radius 1 is 0.824 bits per heavy atom. The van der Waals surface area contributed by atoms with Gasteiger partial charge in [0.1, 0.15) is 0 Å². The van der Waals surface area contributed by atoms with Crippen molar-refractivity contribution in [2.75, 3.05) is 0 Å². The average Bonchev–Trinajstić information content (AvgIpc) is 3.49. The molecule has 0 nitrogen and oxygen atoms in total. The van der Waals surface area contributed by atoms with Crippen LogP contribution in [0.25, 0.3) is 11.1 Å². The molecule has 0 unspecified atom stereocenters. The van der Waals surface area contributed by atoms with Crippen LogP contribution in [0.2, 0.25) is 0 Å². The SMILES string of the molecule is CC(C)(C)c1c[c-]c2c(c1)-c1cc(C(C)(C)C)ccc1C2.[Br-].[Br-].[C-]1=CC=CC1.[Zr+2]=[C]1CCCC1. The Morgan fingerprint density at radius 3 is 1.88 bits per heavy atom. The monoisotopic (exact) mass is 658 g/mol. The quantitative estimate of drug-likeness (QED) is 0.325. The van der Waals surface area contributed by atoms with Crippen LogP contribution in [0.4, 0.5) is 0 Å². The van der Waals surface area contributed by atoms with Crippen LogP contribution in [0.1, 0.15) is 95.9 Å². The molecule has 0 saturated heterocycles. The van der Waals surface area contributed by atoms with Crippen molar-refractivity contribution in [3.05, 3.63) is 83.0 Å². The number of allylic oxidation sites excluding steroid dienone is 4. The molecule has 34 heavy (non-hydrogen) atoms. The van der Waals surface area contributed by atoms with E-state index in [-0.39, 0.29) is 44.8 Å². The van der Waals surface area contributed by atoms with Gasteiger partial charge in [-0.15, -0.1) is 12.0 Å². The van der Waals surface area contributed by atoms with Gasteiger partial charge in [0.15, 0.2) is 0 Å². The van der Waals surface area contributed by atoms with Gasteiger partial charge in [0, 0.05) is 0 Å². The van der Waals surface area contributed by atoms with Crippen LogP contribution in [-0.4, -0.2) is 3.21 Å². The molecule has 0 aliphatic heterocycles. The van der Waals surface area contributed by atoms with Gasteiger partial charge in [-0.1, -0.05) is 76.3 Å². The van der Waals surface area contributed by atoms with Crippen molar-refractivity contribution in [1.82, 2.24) is 0 Å². The van der Waals surface area contributed by atoms with E-state index in [1.165, 1.54) is 59.1 Å². The fourth-order valence-corrected chi connectivity index (χ4v) is 5.00. The third kappa shape index (κ3) is 8.94. The van der Waals surface area contributed by atoms with Crippen molar-refractivity contribution in [3.8, 4) is 11.1 Å². The second-order valence-electron chi connectivity index (χ2n) is 11.1. The molecule has 2 aromatic rings. The van der Waals surface area contributed by atoms with Gasteiger partial charge in [-0.3, -0.25) is 6.08 Å². The van der Waals surface area contributed by atoms with Gasteiger partial charge in [0.25, 0.3) is 0 Å². The summed E-state index contributed by atoms with van der Waals surface area (Å²) in [5.41, 5.74) is 8.76. The molecule has 1 saturated carbocycles. The van der Waals surface area contributed by atoms with Crippen LogP contribution < -0.4 is 34.0 Å². The first-order chi connectivity index (χ1) is 15.1. The number of benzene rings is 2. The summed E-state index contributed by atoms with van der Waals surface area (Å²) >= 11 is 1.68. The summed E-state index contributed by atoms with van der Waals surface area (Å²) in [7, 11) is 0. The molecule has 5 rings (SSSR count). The molecule has 1 fully saturated rings. The molecule has 0 atom stereocenters. The molecule has 0 radical (unpaired) electrons. The molecule has 3 aliphatic carbocycles. The number of hydrogen-bond donors (Lipinski definition) is 0. The van der Waals surface area contributed by atoms with E-state index in [1.54, 1.807) is 27.4 Å². The normalized spacial score (nSPS) is 15.2. The van der Waals surface area contributed by atoms with Gasteiger partial charge in [-0.25, -0.2) is 12.2 Å². The molecule has 0 N–H and O–H groups in total. The molecule has 0 spiro atoms. The fourth-order valence-electron chi connectivity index (χ4n) is 4.13. The maximum atomic E-state index is 3.53. The predicted molar refractivity (Wildman–Crippen MR) is 136 cm³/mol. The Morgan fingerprint density at radius 2 is 1.44 bits per heavy atom. The van der Waals surface area contributed by atoms with E-state index in [0.29, 0.717) is 0 Å². The zero-order valence-corrected chi connectivity index (χ0v) is 27.2. The summed E-state index contributed by atoms with van der Waals surface area (Å²) in [6, 6.07) is 15.1. The third-order valence-electron chi connectivity index (χ3n) is 6.32. The first-order valence-electron chi connectivity index (χ1n) is 12.0. The van der Waals surface area contributed by atoms with Crippen molar-refractivity contribution in [2.45, 2.75) is 90.9 Å². The minimum absolute atomic E-state index is 0. The molecule has 0 aromatic heterocycles. The van der Waals surface area contributed by atoms with E-state index in [1.807, 2.05) is 12.2 Å². The Labute approximate surface area is 244 Å². The third-order valence-corrected chi connectivity index (χ3v) is 7.55. The van der Waals surface area contributed by atoms with E-state index in [0.717, 1.165) is 12.8 Å². The second kappa shape index (κ2) is 13.8. The van der Waals surface area contributed by atoms with Crippen LogP contribution >= 0.6 is 0 Å². The van der Waals surface area contributed by atoms with Crippen LogP contribution in [0.5, 0.6) is 0 Å². The number of fused-ring (bicyclic) bond motifs is 3. The first kappa shape index (κ1) is 31.7. The predicted octanol–water partition coefficient (Wildman–Crippen LogP) is 2.25. The molecule has 2 aromatic carbocycles. The number of halogens is 2. The summed E-state index contributed by atoms with van der Waals surface area (Å²) < 4.78 is 1.79.